The van der Waals surface area contributed by atoms with Gasteiger partial charge in [-0.15, -0.1) is 0 Å². The van der Waals surface area contributed by atoms with Crippen molar-refractivity contribution in [3.8, 4) is 0 Å². The normalized spacial score (nSPS) is 21.1. The second-order valence-corrected chi connectivity index (χ2v) is 6.43. The van der Waals surface area contributed by atoms with Gasteiger partial charge in [0.25, 0.3) is 0 Å². The molecule has 1 N–H and O–H groups in total. The minimum Gasteiger partial charge on any atom is -0.353 e. The summed E-state index contributed by atoms with van der Waals surface area (Å²) in [5.41, 5.74) is 1.94. The molecule has 2 aliphatic rings. The van der Waals surface area contributed by atoms with Crippen molar-refractivity contribution in [1.29, 1.82) is 0 Å². The molecule has 2 heterocycles. The van der Waals surface area contributed by atoms with Crippen LogP contribution in [0.15, 0.2) is 24.3 Å². The van der Waals surface area contributed by atoms with Gasteiger partial charge in [0.05, 0.1) is 0 Å². The van der Waals surface area contributed by atoms with Gasteiger partial charge in [0.2, 0.25) is 11.8 Å². The maximum absolute atomic E-state index is 12.5. The summed E-state index contributed by atoms with van der Waals surface area (Å²) in [6.07, 6.45) is 4.43. The largest absolute Gasteiger partial charge is 0.353 e. The highest BCUT2D eigenvalue weighted by Crippen LogP contribution is 2.32. The van der Waals surface area contributed by atoms with E-state index in [9.17, 15) is 9.59 Å². The fraction of sp³-hybridized carbons (Fsp3) is 0.556. The Bertz CT molecular complexity index is 581. The molecule has 23 heavy (non-hydrogen) atoms. The fourth-order valence-electron chi connectivity index (χ4n) is 3.62. The minimum atomic E-state index is -0.411. The number of para-hydroxylation sites is 1. The Balaban J connectivity index is 1.57. The second kappa shape index (κ2) is 7.13. The van der Waals surface area contributed by atoms with Gasteiger partial charge < -0.3 is 10.2 Å². The molecule has 0 spiro atoms. The van der Waals surface area contributed by atoms with E-state index in [1.54, 1.807) is 4.90 Å². The maximum atomic E-state index is 12.5. The number of rotatable bonds is 4. The highest BCUT2D eigenvalue weighted by Gasteiger charge is 2.36. The number of fused-ring (bicyclic) bond motifs is 1. The molecule has 1 fully saturated rings. The molecule has 0 radical (unpaired) electrons. The first kappa shape index (κ1) is 16.0. The number of carbonyl (C=O) groups is 2. The number of hydrogen-bond donors (Lipinski definition) is 1. The molecular weight excluding hydrogens is 290 g/mol. The number of nitrogens with one attached hydrogen (secondary N) is 1. The van der Waals surface area contributed by atoms with E-state index in [0.29, 0.717) is 13.0 Å². The van der Waals surface area contributed by atoms with Crippen LogP contribution in [-0.4, -0.2) is 48.9 Å². The molecule has 1 atom stereocenters. The van der Waals surface area contributed by atoms with Crippen molar-refractivity contribution < 1.29 is 9.59 Å². The topological polar surface area (TPSA) is 52.7 Å². The Morgan fingerprint density at radius 2 is 1.91 bits per heavy atom. The zero-order valence-electron chi connectivity index (χ0n) is 13.8. The Morgan fingerprint density at radius 3 is 2.65 bits per heavy atom. The minimum absolute atomic E-state index is 0.0478. The highest BCUT2D eigenvalue weighted by atomic mass is 16.2. The van der Waals surface area contributed by atoms with E-state index in [1.165, 1.54) is 26.2 Å². The van der Waals surface area contributed by atoms with Crippen LogP contribution in [0.25, 0.3) is 0 Å². The molecule has 2 amide bonds. The summed E-state index contributed by atoms with van der Waals surface area (Å²) in [4.78, 5) is 28.6. The van der Waals surface area contributed by atoms with Gasteiger partial charge in [0, 0.05) is 32.1 Å². The molecule has 3 rings (SSSR count). The highest BCUT2D eigenvalue weighted by molar-refractivity contribution is 6.02. The third kappa shape index (κ3) is 3.55. The van der Waals surface area contributed by atoms with Crippen LogP contribution in [0.5, 0.6) is 0 Å². The van der Waals surface area contributed by atoms with Crippen molar-refractivity contribution in [2.75, 3.05) is 31.1 Å². The van der Waals surface area contributed by atoms with Crippen LogP contribution >= 0.6 is 0 Å². The first-order chi connectivity index (χ1) is 11.2. The van der Waals surface area contributed by atoms with E-state index in [-0.39, 0.29) is 11.8 Å². The number of nitrogens with zero attached hydrogens (tertiary/aromatic N) is 2. The molecule has 0 aliphatic carbocycles. The quantitative estimate of drug-likeness (QED) is 0.917. The van der Waals surface area contributed by atoms with Crippen LogP contribution in [0.1, 0.15) is 31.7 Å². The van der Waals surface area contributed by atoms with Crippen LogP contribution in [0.3, 0.4) is 0 Å². The lowest BCUT2D eigenvalue weighted by molar-refractivity contribution is -0.125. The zero-order chi connectivity index (χ0) is 16.2. The standard InChI is InChI=1S/C18H25N3O2/c1-14(22)21-16-8-4-3-7-15(16)13-17(21)18(23)19-9-12-20-10-5-2-6-11-20/h3-4,7-8,17H,2,5-6,9-13H2,1H3,(H,19,23)/t17-/m0/s1. The predicted molar refractivity (Wildman–Crippen MR) is 90.4 cm³/mol. The summed E-state index contributed by atoms with van der Waals surface area (Å²) in [7, 11) is 0. The molecule has 0 unspecified atom stereocenters. The van der Waals surface area contributed by atoms with E-state index in [1.807, 2.05) is 24.3 Å². The first-order valence-electron chi connectivity index (χ1n) is 8.54. The smallest absolute Gasteiger partial charge is 0.243 e. The summed E-state index contributed by atoms with van der Waals surface area (Å²) in [6.45, 7) is 5.33. The lowest BCUT2D eigenvalue weighted by Crippen LogP contribution is -2.49. The van der Waals surface area contributed by atoms with Gasteiger partial charge in [-0.25, -0.2) is 0 Å². The first-order valence-corrected chi connectivity index (χ1v) is 8.54. The van der Waals surface area contributed by atoms with Gasteiger partial charge in [0.15, 0.2) is 0 Å². The molecule has 5 nitrogen and oxygen atoms in total. The summed E-state index contributed by atoms with van der Waals surface area (Å²) in [6, 6.07) is 7.36. The van der Waals surface area contributed by atoms with Crippen molar-refractivity contribution in [2.24, 2.45) is 0 Å². The fourth-order valence-corrected chi connectivity index (χ4v) is 3.62. The summed E-state index contributed by atoms with van der Waals surface area (Å²) in [5.74, 6) is -0.125. The number of anilines is 1. The Kier molecular flexibility index (Phi) is 4.96. The average Bonchev–Trinajstić information content (AvgIpc) is 2.95. The third-order valence-electron chi connectivity index (χ3n) is 4.79. The third-order valence-corrected chi connectivity index (χ3v) is 4.79. The van der Waals surface area contributed by atoms with Gasteiger partial charge in [-0.1, -0.05) is 24.6 Å². The van der Waals surface area contributed by atoms with Crippen molar-refractivity contribution in [2.45, 2.75) is 38.6 Å². The van der Waals surface area contributed by atoms with Crippen molar-refractivity contribution >= 4 is 17.5 Å². The molecule has 124 valence electrons. The monoisotopic (exact) mass is 315 g/mol. The molecular formula is C18H25N3O2. The van der Waals surface area contributed by atoms with Crippen LogP contribution in [0, 0.1) is 0 Å². The van der Waals surface area contributed by atoms with Crippen molar-refractivity contribution in [3.05, 3.63) is 29.8 Å². The molecule has 1 aromatic carbocycles. The number of benzene rings is 1. The molecule has 0 aromatic heterocycles. The van der Waals surface area contributed by atoms with Gasteiger partial charge in [0.1, 0.15) is 6.04 Å². The molecule has 0 saturated carbocycles. The van der Waals surface area contributed by atoms with E-state index < -0.39 is 6.04 Å². The Labute approximate surface area is 137 Å². The van der Waals surface area contributed by atoms with E-state index in [0.717, 1.165) is 30.9 Å². The Morgan fingerprint density at radius 1 is 1.17 bits per heavy atom. The molecule has 1 aromatic rings. The zero-order valence-corrected chi connectivity index (χ0v) is 13.8. The number of hydrogen-bond acceptors (Lipinski definition) is 3. The van der Waals surface area contributed by atoms with Crippen molar-refractivity contribution in [3.63, 3.8) is 0 Å². The van der Waals surface area contributed by atoms with Crippen LogP contribution in [0.2, 0.25) is 0 Å². The lowest BCUT2D eigenvalue weighted by atomic mass is 10.1. The van der Waals surface area contributed by atoms with Crippen LogP contribution in [-0.2, 0) is 16.0 Å². The molecule has 5 heteroatoms. The summed E-state index contributed by atoms with van der Waals surface area (Å²) in [5, 5.41) is 3.02. The van der Waals surface area contributed by atoms with E-state index >= 15 is 0 Å². The number of piperidine rings is 1. The average molecular weight is 315 g/mol. The predicted octanol–water partition coefficient (Wildman–Crippen LogP) is 1.57. The lowest BCUT2D eigenvalue weighted by Gasteiger charge is -2.27. The SMILES string of the molecule is CC(=O)N1c2ccccc2C[C@H]1C(=O)NCCN1CCCCC1. The Hall–Kier alpha value is -1.88. The summed E-state index contributed by atoms with van der Waals surface area (Å²) >= 11 is 0. The van der Waals surface area contributed by atoms with Gasteiger partial charge in [-0.05, 0) is 37.6 Å². The number of carbonyl (C=O) groups excluding carboxylic acids is 2. The van der Waals surface area contributed by atoms with Gasteiger partial charge in [-0.2, -0.15) is 0 Å². The number of likely N-dealkylation sites (tertiary alicyclic amines) is 1. The van der Waals surface area contributed by atoms with Gasteiger partial charge in [-0.3, -0.25) is 14.5 Å². The molecule has 1 saturated heterocycles. The number of amides is 2. The van der Waals surface area contributed by atoms with E-state index in [4.69, 9.17) is 0 Å². The molecule has 2 aliphatic heterocycles. The maximum Gasteiger partial charge on any atom is 0.243 e. The van der Waals surface area contributed by atoms with Crippen molar-refractivity contribution in [1.82, 2.24) is 10.2 Å². The second-order valence-electron chi connectivity index (χ2n) is 6.43. The van der Waals surface area contributed by atoms with Crippen LogP contribution in [0.4, 0.5) is 5.69 Å². The summed E-state index contributed by atoms with van der Waals surface area (Å²) < 4.78 is 0. The van der Waals surface area contributed by atoms with E-state index in [2.05, 4.69) is 10.2 Å². The van der Waals surface area contributed by atoms with Gasteiger partial charge >= 0.3 is 0 Å². The van der Waals surface area contributed by atoms with Crippen LogP contribution < -0.4 is 10.2 Å². The molecule has 0 bridgehead atoms.